The van der Waals surface area contributed by atoms with Gasteiger partial charge in [0.25, 0.3) is 5.69 Å². The molecule has 0 saturated heterocycles. The summed E-state index contributed by atoms with van der Waals surface area (Å²) in [6.07, 6.45) is 0. The maximum atomic E-state index is 10.9. The molecule has 1 aromatic heterocycles. The lowest BCUT2D eigenvalue weighted by Crippen LogP contribution is -2.02. The first-order valence-electron chi connectivity index (χ1n) is 5.78. The Morgan fingerprint density at radius 2 is 2.15 bits per heavy atom. The van der Waals surface area contributed by atoms with Crippen LogP contribution in [0.25, 0.3) is 0 Å². The monoisotopic (exact) mass is 276 g/mol. The van der Waals surface area contributed by atoms with Crippen molar-refractivity contribution in [2.75, 3.05) is 5.32 Å². The van der Waals surface area contributed by atoms with Crippen molar-refractivity contribution in [1.29, 1.82) is 0 Å². The summed E-state index contributed by atoms with van der Waals surface area (Å²) >= 11 is 0. The number of nitrogens with zero attached hydrogens (tertiary/aromatic N) is 1. The largest absolute Gasteiger partial charge is 0.475 e. The molecule has 7 nitrogen and oxygen atoms in total. The Morgan fingerprint density at radius 3 is 2.75 bits per heavy atom. The lowest BCUT2D eigenvalue weighted by molar-refractivity contribution is -0.384. The molecule has 2 N–H and O–H groups in total. The SMILES string of the molecule is Cc1ccc([N+](=O)[O-])c(NCc2ccc(C(=O)O)o2)c1. The van der Waals surface area contributed by atoms with E-state index < -0.39 is 10.9 Å². The summed E-state index contributed by atoms with van der Waals surface area (Å²) in [5.41, 5.74) is 1.20. The van der Waals surface area contributed by atoms with Crippen LogP contribution in [0.1, 0.15) is 21.9 Å². The molecular weight excluding hydrogens is 264 g/mol. The van der Waals surface area contributed by atoms with Crippen LogP contribution in [-0.2, 0) is 6.54 Å². The molecule has 0 radical (unpaired) electrons. The van der Waals surface area contributed by atoms with Crippen molar-refractivity contribution in [3.8, 4) is 0 Å². The van der Waals surface area contributed by atoms with Crippen LogP contribution >= 0.6 is 0 Å². The molecule has 2 rings (SSSR count). The summed E-state index contributed by atoms with van der Waals surface area (Å²) < 4.78 is 5.07. The van der Waals surface area contributed by atoms with E-state index in [-0.39, 0.29) is 18.0 Å². The van der Waals surface area contributed by atoms with Crippen LogP contribution in [0.15, 0.2) is 34.7 Å². The van der Waals surface area contributed by atoms with Gasteiger partial charge in [-0.3, -0.25) is 10.1 Å². The van der Waals surface area contributed by atoms with Crippen molar-refractivity contribution in [3.63, 3.8) is 0 Å². The van der Waals surface area contributed by atoms with Crippen molar-refractivity contribution < 1.29 is 19.2 Å². The molecule has 2 aromatic rings. The molecule has 0 saturated carbocycles. The van der Waals surface area contributed by atoms with Crippen molar-refractivity contribution in [3.05, 3.63) is 57.5 Å². The predicted molar refractivity (Wildman–Crippen MR) is 70.8 cm³/mol. The van der Waals surface area contributed by atoms with Gasteiger partial charge < -0.3 is 14.8 Å². The van der Waals surface area contributed by atoms with Crippen LogP contribution in [-0.4, -0.2) is 16.0 Å². The van der Waals surface area contributed by atoms with Crippen LogP contribution in [0, 0.1) is 17.0 Å². The summed E-state index contributed by atoms with van der Waals surface area (Å²) in [6, 6.07) is 7.57. The summed E-state index contributed by atoms with van der Waals surface area (Å²) in [6.45, 7) is 1.99. The maximum absolute atomic E-state index is 10.9. The average Bonchev–Trinajstić information content (AvgIpc) is 2.85. The average molecular weight is 276 g/mol. The minimum absolute atomic E-state index is 0.0411. The zero-order valence-corrected chi connectivity index (χ0v) is 10.6. The number of aryl methyl sites for hydroxylation is 1. The number of carbonyl (C=O) groups is 1. The first kappa shape index (κ1) is 13.6. The van der Waals surface area contributed by atoms with Crippen LogP contribution in [0.5, 0.6) is 0 Å². The van der Waals surface area contributed by atoms with Gasteiger partial charge >= 0.3 is 5.97 Å². The minimum Gasteiger partial charge on any atom is -0.475 e. The Hall–Kier alpha value is -2.83. The highest BCUT2D eigenvalue weighted by atomic mass is 16.6. The van der Waals surface area contributed by atoms with Gasteiger partial charge in [-0.25, -0.2) is 4.79 Å². The van der Waals surface area contributed by atoms with Crippen molar-refractivity contribution in [2.45, 2.75) is 13.5 Å². The van der Waals surface area contributed by atoms with E-state index in [4.69, 9.17) is 9.52 Å². The number of anilines is 1. The number of carboxylic acids is 1. The predicted octanol–water partition coefficient (Wildman–Crippen LogP) is 2.81. The molecule has 0 aliphatic carbocycles. The number of nitro groups is 1. The fourth-order valence-corrected chi connectivity index (χ4v) is 1.72. The van der Waals surface area contributed by atoms with Crippen LogP contribution in [0.2, 0.25) is 0 Å². The van der Waals surface area contributed by atoms with Gasteiger partial charge in [0, 0.05) is 6.07 Å². The Kier molecular flexibility index (Phi) is 3.69. The lowest BCUT2D eigenvalue weighted by Gasteiger charge is -2.06. The summed E-state index contributed by atoms with van der Waals surface area (Å²) in [5.74, 6) is -0.934. The summed E-state index contributed by atoms with van der Waals surface area (Å²) in [5, 5.41) is 22.5. The van der Waals surface area contributed by atoms with Crippen molar-refractivity contribution in [1.82, 2.24) is 0 Å². The van der Waals surface area contributed by atoms with Gasteiger partial charge in [-0.2, -0.15) is 0 Å². The molecule has 0 unspecified atom stereocenters. The molecule has 1 aromatic carbocycles. The second-order valence-electron chi connectivity index (χ2n) is 4.20. The molecule has 7 heteroatoms. The van der Waals surface area contributed by atoms with Crippen LogP contribution in [0.3, 0.4) is 0 Å². The molecule has 0 aliphatic rings. The first-order chi connectivity index (χ1) is 9.47. The van der Waals surface area contributed by atoms with Gasteiger partial charge in [0.05, 0.1) is 11.5 Å². The summed E-state index contributed by atoms with van der Waals surface area (Å²) in [7, 11) is 0. The number of carboxylic acid groups (broad SMARTS) is 1. The molecule has 0 fully saturated rings. The molecule has 0 spiro atoms. The third kappa shape index (κ3) is 2.94. The zero-order chi connectivity index (χ0) is 14.7. The minimum atomic E-state index is -1.15. The maximum Gasteiger partial charge on any atom is 0.371 e. The second kappa shape index (κ2) is 5.43. The Bertz CT molecular complexity index is 663. The van der Waals surface area contributed by atoms with Crippen molar-refractivity contribution >= 4 is 17.3 Å². The Labute approximate surface area is 114 Å². The molecule has 0 amide bonds. The number of furan rings is 1. The van der Waals surface area contributed by atoms with Crippen LogP contribution < -0.4 is 5.32 Å². The highest BCUT2D eigenvalue weighted by molar-refractivity contribution is 5.84. The molecule has 104 valence electrons. The van der Waals surface area contributed by atoms with Gasteiger partial charge in [-0.05, 0) is 30.7 Å². The topological polar surface area (TPSA) is 106 Å². The third-order valence-electron chi connectivity index (χ3n) is 2.67. The van der Waals surface area contributed by atoms with E-state index in [1.165, 1.54) is 18.2 Å². The van der Waals surface area contributed by atoms with E-state index in [0.717, 1.165) is 5.56 Å². The van der Waals surface area contributed by atoms with Gasteiger partial charge in [0.2, 0.25) is 5.76 Å². The van der Waals surface area contributed by atoms with Gasteiger partial charge in [0.1, 0.15) is 11.4 Å². The molecule has 20 heavy (non-hydrogen) atoms. The lowest BCUT2D eigenvalue weighted by atomic mass is 10.2. The van der Waals surface area contributed by atoms with E-state index >= 15 is 0 Å². The van der Waals surface area contributed by atoms with Gasteiger partial charge in [-0.15, -0.1) is 0 Å². The number of benzene rings is 1. The van der Waals surface area contributed by atoms with E-state index in [1.807, 2.05) is 6.92 Å². The zero-order valence-electron chi connectivity index (χ0n) is 10.6. The number of nitrogens with one attached hydrogen (secondary N) is 1. The van der Waals surface area contributed by atoms with Crippen LogP contribution in [0.4, 0.5) is 11.4 Å². The molecule has 0 atom stereocenters. The van der Waals surface area contributed by atoms with Crippen molar-refractivity contribution in [2.24, 2.45) is 0 Å². The Balaban J connectivity index is 2.15. The summed E-state index contributed by atoms with van der Waals surface area (Å²) in [4.78, 5) is 21.1. The standard InChI is InChI=1S/C13H12N2O5/c1-8-2-4-11(15(18)19)10(6-8)14-7-9-3-5-12(20-9)13(16)17/h2-6,14H,7H2,1H3,(H,16,17). The highest BCUT2D eigenvalue weighted by Crippen LogP contribution is 2.25. The Morgan fingerprint density at radius 1 is 1.40 bits per heavy atom. The second-order valence-corrected chi connectivity index (χ2v) is 4.20. The van der Waals surface area contributed by atoms with E-state index in [2.05, 4.69) is 5.32 Å². The number of nitro benzene ring substituents is 1. The molecule has 0 bridgehead atoms. The highest BCUT2D eigenvalue weighted by Gasteiger charge is 2.14. The molecule has 1 heterocycles. The number of aromatic carboxylic acids is 1. The third-order valence-corrected chi connectivity index (χ3v) is 2.67. The van der Waals surface area contributed by atoms with Gasteiger partial charge in [-0.1, -0.05) is 6.07 Å². The quantitative estimate of drug-likeness (QED) is 0.642. The number of rotatable bonds is 5. The van der Waals surface area contributed by atoms with E-state index in [0.29, 0.717) is 11.4 Å². The van der Waals surface area contributed by atoms with E-state index in [1.54, 1.807) is 12.1 Å². The van der Waals surface area contributed by atoms with Gasteiger partial charge in [0.15, 0.2) is 0 Å². The fraction of sp³-hybridized carbons (Fsp3) is 0.154. The fourth-order valence-electron chi connectivity index (χ4n) is 1.72. The smallest absolute Gasteiger partial charge is 0.371 e. The first-order valence-corrected chi connectivity index (χ1v) is 5.78. The number of hydrogen-bond acceptors (Lipinski definition) is 5. The van der Waals surface area contributed by atoms with E-state index in [9.17, 15) is 14.9 Å². The molecular formula is C13H12N2O5. The normalized spacial score (nSPS) is 10.2. The molecule has 0 aliphatic heterocycles. The number of hydrogen-bond donors (Lipinski definition) is 2.